The lowest BCUT2D eigenvalue weighted by molar-refractivity contribution is -0.384. The summed E-state index contributed by atoms with van der Waals surface area (Å²) >= 11 is 0. The van der Waals surface area contributed by atoms with Crippen LogP contribution in [0.15, 0.2) is 70.8 Å². The summed E-state index contributed by atoms with van der Waals surface area (Å²) < 4.78 is 18.7. The van der Waals surface area contributed by atoms with Crippen LogP contribution in [0.2, 0.25) is 0 Å². The standard InChI is InChI=1S/C21H14FN3O5/c22-14-7-5-13(6-8-14)12-24-20(26)17(23-21(24)27)11-15-9-10-19(30-15)16-3-1-2-4-18(16)25(28)29/h1-11H,12H2,(H,23,27)/b17-11+. The van der Waals surface area contributed by atoms with Crippen molar-refractivity contribution in [3.63, 3.8) is 0 Å². The van der Waals surface area contributed by atoms with Crippen LogP contribution in [0.25, 0.3) is 17.4 Å². The Hall–Kier alpha value is -4.27. The maximum Gasteiger partial charge on any atom is 0.329 e. The summed E-state index contributed by atoms with van der Waals surface area (Å²) in [4.78, 5) is 36.4. The number of rotatable bonds is 5. The first kappa shape index (κ1) is 19.1. The van der Waals surface area contributed by atoms with Crippen LogP contribution in [0.5, 0.6) is 0 Å². The average Bonchev–Trinajstić information content (AvgIpc) is 3.30. The Labute approximate surface area is 169 Å². The number of carbonyl (C=O) groups excluding carboxylic acids is 2. The Bertz CT molecular complexity index is 1180. The van der Waals surface area contributed by atoms with E-state index in [1.807, 2.05) is 0 Å². The molecule has 150 valence electrons. The molecular weight excluding hydrogens is 393 g/mol. The highest BCUT2D eigenvalue weighted by atomic mass is 19.1. The smallest absolute Gasteiger partial charge is 0.329 e. The van der Waals surface area contributed by atoms with Crippen LogP contribution in [0, 0.1) is 15.9 Å². The van der Waals surface area contributed by atoms with Crippen molar-refractivity contribution < 1.29 is 23.3 Å². The number of nitrogens with zero attached hydrogens (tertiary/aromatic N) is 2. The predicted octanol–water partition coefficient (Wildman–Crippen LogP) is 4.09. The summed E-state index contributed by atoms with van der Waals surface area (Å²) in [6.45, 7) is -0.0120. The van der Waals surface area contributed by atoms with Crippen molar-refractivity contribution in [3.05, 3.63) is 93.6 Å². The number of furan rings is 1. The molecule has 0 bridgehead atoms. The lowest BCUT2D eigenvalue weighted by Crippen LogP contribution is -2.30. The van der Waals surface area contributed by atoms with Gasteiger partial charge in [0.05, 0.1) is 17.0 Å². The molecule has 1 N–H and O–H groups in total. The second kappa shape index (κ2) is 7.63. The minimum absolute atomic E-state index is 0.00516. The molecule has 0 radical (unpaired) electrons. The van der Waals surface area contributed by atoms with Gasteiger partial charge >= 0.3 is 6.03 Å². The third-order valence-electron chi connectivity index (χ3n) is 4.50. The first-order valence-corrected chi connectivity index (χ1v) is 8.85. The van der Waals surface area contributed by atoms with E-state index in [0.29, 0.717) is 11.1 Å². The largest absolute Gasteiger partial charge is 0.456 e. The van der Waals surface area contributed by atoms with Gasteiger partial charge in [0.2, 0.25) is 0 Å². The normalized spacial score (nSPS) is 15.0. The predicted molar refractivity (Wildman–Crippen MR) is 104 cm³/mol. The van der Waals surface area contributed by atoms with Crippen molar-refractivity contribution in [3.8, 4) is 11.3 Å². The quantitative estimate of drug-likeness (QED) is 0.297. The molecule has 2 aromatic carbocycles. The Balaban J connectivity index is 1.56. The molecule has 1 aromatic heterocycles. The van der Waals surface area contributed by atoms with Gasteiger partial charge < -0.3 is 9.73 Å². The molecule has 30 heavy (non-hydrogen) atoms. The van der Waals surface area contributed by atoms with Gasteiger partial charge in [-0.3, -0.25) is 19.8 Å². The van der Waals surface area contributed by atoms with Crippen LogP contribution < -0.4 is 5.32 Å². The highest BCUT2D eigenvalue weighted by molar-refractivity contribution is 6.13. The van der Waals surface area contributed by atoms with Crippen molar-refractivity contribution in [2.24, 2.45) is 0 Å². The monoisotopic (exact) mass is 407 g/mol. The fraction of sp³-hybridized carbons (Fsp3) is 0.0476. The number of nitro benzene ring substituents is 1. The van der Waals surface area contributed by atoms with E-state index >= 15 is 0 Å². The van der Waals surface area contributed by atoms with E-state index in [1.165, 1.54) is 36.4 Å². The van der Waals surface area contributed by atoms with E-state index in [4.69, 9.17) is 4.42 Å². The fourth-order valence-corrected chi connectivity index (χ4v) is 3.05. The van der Waals surface area contributed by atoms with Crippen molar-refractivity contribution in [1.29, 1.82) is 0 Å². The molecule has 9 heteroatoms. The van der Waals surface area contributed by atoms with Gasteiger partial charge in [0.25, 0.3) is 11.6 Å². The van der Waals surface area contributed by atoms with E-state index in [2.05, 4.69) is 5.32 Å². The number of hydrogen-bond acceptors (Lipinski definition) is 5. The number of halogens is 1. The van der Waals surface area contributed by atoms with E-state index < -0.39 is 22.7 Å². The maximum absolute atomic E-state index is 13.0. The van der Waals surface area contributed by atoms with E-state index in [1.54, 1.807) is 30.3 Å². The number of urea groups is 1. The Kier molecular flexibility index (Phi) is 4.85. The van der Waals surface area contributed by atoms with Crippen LogP contribution in [0.4, 0.5) is 14.9 Å². The van der Waals surface area contributed by atoms with Gasteiger partial charge in [-0.15, -0.1) is 0 Å². The third-order valence-corrected chi connectivity index (χ3v) is 4.50. The van der Waals surface area contributed by atoms with Crippen LogP contribution in [0.3, 0.4) is 0 Å². The third kappa shape index (κ3) is 3.68. The molecule has 1 saturated heterocycles. The van der Waals surface area contributed by atoms with Crippen molar-refractivity contribution in [2.45, 2.75) is 6.54 Å². The van der Waals surface area contributed by atoms with Crippen LogP contribution >= 0.6 is 0 Å². The molecule has 3 amide bonds. The Morgan fingerprint density at radius 3 is 2.53 bits per heavy atom. The second-order valence-corrected chi connectivity index (χ2v) is 6.48. The highest BCUT2D eigenvalue weighted by Gasteiger charge is 2.33. The summed E-state index contributed by atoms with van der Waals surface area (Å²) in [6.07, 6.45) is 1.35. The Morgan fingerprint density at radius 2 is 1.80 bits per heavy atom. The van der Waals surface area contributed by atoms with E-state index in [-0.39, 0.29) is 29.4 Å². The molecule has 0 spiro atoms. The highest BCUT2D eigenvalue weighted by Crippen LogP contribution is 2.31. The average molecular weight is 407 g/mol. The van der Waals surface area contributed by atoms with Crippen molar-refractivity contribution >= 4 is 23.7 Å². The topological polar surface area (TPSA) is 106 Å². The van der Waals surface area contributed by atoms with Crippen LogP contribution in [-0.2, 0) is 11.3 Å². The summed E-state index contributed by atoms with van der Waals surface area (Å²) in [5, 5.41) is 13.7. The number of nitro groups is 1. The molecular formula is C21H14FN3O5. The van der Waals surface area contributed by atoms with Crippen molar-refractivity contribution in [1.82, 2.24) is 10.2 Å². The number of amides is 3. The number of hydrogen-bond donors (Lipinski definition) is 1. The minimum atomic E-state index is -0.610. The maximum atomic E-state index is 13.0. The van der Waals surface area contributed by atoms with Gasteiger partial charge in [0, 0.05) is 12.1 Å². The minimum Gasteiger partial charge on any atom is -0.456 e. The number of carbonyl (C=O) groups is 2. The van der Waals surface area contributed by atoms with Gasteiger partial charge in [-0.25, -0.2) is 9.18 Å². The first-order valence-electron chi connectivity index (χ1n) is 8.85. The summed E-state index contributed by atoms with van der Waals surface area (Å²) in [6, 6.07) is 14.1. The van der Waals surface area contributed by atoms with Gasteiger partial charge in [-0.1, -0.05) is 24.3 Å². The lowest BCUT2D eigenvalue weighted by Gasteiger charge is -2.11. The molecule has 0 aliphatic carbocycles. The van der Waals surface area contributed by atoms with Gasteiger partial charge in [-0.05, 0) is 35.9 Å². The molecule has 4 rings (SSSR count). The van der Waals surface area contributed by atoms with E-state index in [9.17, 15) is 24.1 Å². The number of imide groups is 1. The van der Waals surface area contributed by atoms with Crippen LogP contribution in [-0.4, -0.2) is 21.8 Å². The van der Waals surface area contributed by atoms with Gasteiger partial charge in [0.15, 0.2) is 0 Å². The Morgan fingerprint density at radius 1 is 1.07 bits per heavy atom. The van der Waals surface area contributed by atoms with E-state index in [0.717, 1.165) is 4.90 Å². The van der Waals surface area contributed by atoms with Crippen molar-refractivity contribution in [2.75, 3.05) is 0 Å². The van der Waals surface area contributed by atoms with Gasteiger partial charge in [-0.2, -0.15) is 0 Å². The van der Waals surface area contributed by atoms with Crippen LogP contribution in [0.1, 0.15) is 11.3 Å². The number of benzene rings is 2. The first-order chi connectivity index (χ1) is 14.4. The zero-order chi connectivity index (χ0) is 21.3. The molecule has 3 aromatic rings. The SMILES string of the molecule is O=C1N/C(=C/c2ccc(-c3ccccc3[N+](=O)[O-])o2)C(=O)N1Cc1ccc(F)cc1. The number of nitrogens with one attached hydrogen (secondary N) is 1. The fourth-order valence-electron chi connectivity index (χ4n) is 3.05. The summed E-state index contributed by atoms with van der Waals surface area (Å²) in [7, 11) is 0. The molecule has 0 saturated carbocycles. The molecule has 2 heterocycles. The molecule has 0 atom stereocenters. The summed E-state index contributed by atoms with van der Waals surface area (Å²) in [5.74, 6) is -0.471. The molecule has 0 unspecified atom stereocenters. The molecule has 1 aliphatic heterocycles. The summed E-state index contributed by atoms with van der Waals surface area (Å²) in [5.41, 5.74) is 0.789. The van der Waals surface area contributed by atoms with Gasteiger partial charge in [0.1, 0.15) is 23.0 Å². The zero-order valence-electron chi connectivity index (χ0n) is 15.4. The molecule has 8 nitrogen and oxygen atoms in total. The number of para-hydroxylation sites is 1. The molecule has 1 fully saturated rings. The lowest BCUT2D eigenvalue weighted by atomic mass is 10.1. The zero-order valence-corrected chi connectivity index (χ0v) is 15.4. The second-order valence-electron chi connectivity index (χ2n) is 6.48. The molecule has 1 aliphatic rings.